The first kappa shape index (κ1) is 10.9. The molecule has 11 heavy (non-hydrogen) atoms. The largest absolute Gasteiger partial charge is 0.380 e. The maximum absolute atomic E-state index is 5.32. The van der Waals surface area contributed by atoms with E-state index in [-0.39, 0.29) is 0 Å². The van der Waals surface area contributed by atoms with Crippen LogP contribution in [0.15, 0.2) is 0 Å². The number of ether oxygens (including phenoxy) is 1. The highest BCUT2D eigenvalue weighted by molar-refractivity contribution is 4.46. The van der Waals surface area contributed by atoms with E-state index in [2.05, 4.69) is 12.2 Å². The molecule has 0 radical (unpaired) electrons. The number of hydrogen-bond acceptors (Lipinski definition) is 3. The molecule has 0 rings (SSSR count). The van der Waals surface area contributed by atoms with E-state index in [1.54, 1.807) is 0 Å². The van der Waals surface area contributed by atoms with Crippen molar-refractivity contribution in [3.8, 4) is 0 Å². The van der Waals surface area contributed by atoms with Crippen molar-refractivity contribution < 1.29 is 4.74 Å². The maximum Gasteiger partial charge on any atom is 0.0590 e. The molecular formula is C8H20N2O. The Labute approximate surface area is 69.3 Å². The number of hydrogen-bond donors (Lipinski definition) is 2. The smallest absolute Gasteiger partial charge is 0.0590 e. The number of nitrogens with one attached hydrogen (secondary N) is 1. The third kappa shape index (κ3) is 9.88. The van der Waals surface area contributed by atoms with E-state index in [0.29, 0.717) is 0 Å². The maximum atomic E-state index is 5.32. The van der Waals surface area contributed by atoms with Gasteiger partial charge in [0, 0.05) is 13.2 Å². The van der Waals surface area contributed by atoms with Crippen LogP contribution in [0.4, 0.5) is 0 Å². The Hall–Kier alpha value is -0.120. The Bertz CT molecular complexity index is 61.1. The van der Waals surface area contributed by atoms with Crippen molar-refractivity contribution in [1.29, 1.82) is 0 Å². The average molecular weight is 160 g/mol. The summed E-state index contributed by atoms with van der Waals surface area (Å²) in [4.78, 5) is 0. The summed E-state index contributed by atoms with van der Waals surface area (Å²) in [5.74, 6) is 0. The van der Waals surface area contributed by atoms with Gasteiger partial charge in [0.05, 0.1) is 6.61 Å². The van der Waals surface area contributed by atoms with Gasteiger partial charge in [0.15, 0.2) is 0 Å². The lowest BCUT2D eigenvalue weighted by atomic mass is 10.4. The van der Waals surface area contributed by atoms with Gasteiger partial charge in [-0.2, -0.15) is 0 Å². The second-order valence-electron chi connectivity index (χ2n) is 2.50. The lowest BCUT2D eigenvalue weighted by Gasteiger charge is -2.03. The van der Waals surface area contributed by atoms with Crippen molar-refractivity contribution in [2.75, 3.05) is 32.8 Å². The quantitative estimate of drug-likeness (QED) is 0.504. The molecule has 0 saturated heterocycles. The standard InChI is InChI=1S/C8H20N2O/c1-2-7-11-8-6-10-5-3-4-9/h10H,2-9H2,1H3. The van der Waals surface area contributed by atoms with Gasteiger partial charge in [0.2, 0.25) is 0 Å². The summed E-state index contributed by atoms with van der Waals surface area (Å²) in [5.41, 5.74) is 5.32. The van der Waals surface area contributed by atoms with E-state index >= 15 is 0 Å². The minimum atomic E-state index is 0.767. The zero-order valence-electron chi connectivity index (χ0n) is 7.44. The van der Waals surface area contributed by atoms with Crippen LogP contribution < -0.4 is 11.1 Å². The summed E-state index contributed by atoms with van der Waals surface area (Å²) in [7, 11) is 0. The lowest BCUT2D eigenvalue weighted by molar-refractivity contribution is 0.136. The van der Waals surface area contributed by atoms with Gasteiger partial charge in [-0.15, -0.1) is 0 Å². The summed E-state index contributed by atoms with van der Waals surface area (Å²) >= 11 is 0. The van der Waals surface area contributed by atoms with E-state index in [4.69, 9.17) is 10.5 Å². The van der Waals surface area contributed by atoms with Crippen molar-refractivity contribution in [1.82, 2.24) is 5.32 Å². The van der Waals surface area contributed by atoms with Gasteiger partial charge in [-0.25, -0.2) is 0 Å². The van der Waals surface area contributed by atoms with Crippen LogP contribution in [0.5, 0.6) is 0 Å². The van der Waals surface area contributed by atoms with E-state index < -0.39 is 0 Å². The van der Waals surface area contributed by atoms with Crippen LogP contribution in [0.3, 0.4) is 0 Å². The topological polar surface area (TPSA) is 47.3 Å². The highest BCUT2D eigenvalue weighted by Crippen LogP contribution is 1.78. The van der Waals surface area contributed by atoms with Gasteiger partial charge in [-0.3, -0.25) is 0 Å². The van der Waals surface area contributed by atoms with E-state index in [0.717, 1.165) is 45.7 Å². The summed E-state index contributed by atoms with van der Waals surface area (Å²) < 4.78 is 5.27. The van der Waals surface area contributed by atoms with E-state index in [1.165, 1.54) is 0 Å². The molecule has 0 aromatic rings. The molecule has 0 amide bonds. The van der Waals surface area contributed by atoms with Crippen LogP contribution in [-0.4, -0.2) is 32.8 Å². The first-order valence-corrected chi connectivity index (χ1v) is 4.40. The summed E-state index contributed by atoms with van der Waals surface area (Å²) in [5, 5.41) is 3.24. The molecule has 0 saturated carbocycles. The second-order valence-corrected chi connectivity index (χ2v) is 2.50. The Balaban J connectivity index is 2.69. The highest BCUT2D eigenvalue weighted by atomic mass is 16.5. The van der Waals surface area contributed by atoms with Gasteiger partial charge in [0.1, 0.15) is 0 Å². The van der Waals surface area contributed by atoms with Crippen molar-refractivity contribution >= 4 is 0 Å². The van der Waals surface area contributed by atoms with E-state index in [1.807, 2.05) is 0 Å². The summed E-state index contributed by atoms with van der Waals surface area (Å²) in [6.07, 6.45) is 2.15. The van der Waals surface area contributed by atoms with Gasteiger partial charge >= 0.3 is 0 Å². The second kappa shape index (κ2) is 9.88. The predicted octanol–water partition coefficient (Wildman–Crippen LogP) is 0.351. The first-order valence-electron chi connectivity index (χ1n) is 4.40. The van der Waals surface area contributed by atoms with Crippen molar-refractivity contribution in [3.63, 3.8) is 0 Å². The Morgan fingerprint density at radius 2 is 2.09 bits per heavy atom. The fourth-order valence-electron chi connectivity index (χ4n) is 0.743. The minimum absolute atomic E-state index is 0.767. The molecule has 0 aliphatic rings. The molecule has 0 unspecified atom stereocenters. The number of rotatable bonds is 8. The van der Waals surface area contributed by atoms with Crippen LogP contribution >= 0.6 is 0 Å². The van der Waals surface area contributed by atoms with Crippen LogP contribution in [0, 0.1) is 0 Å². The molecule has 3 heteroatoms. The molecule has 68 valence electrons. The Morgan fingerprint density at radius 3 is 2.73 bits per heavy atom. The van der Waals surface area contributed by atoms with Gasteiger partial charge in [0.25, 0.3) is 0 Å². The van der Waals surface area contributed by atoms with Crippen LogP contribution in [0.25, 0.3) is 0 Å². The van der Waals surface area contributed by atoms with Crippen LogP contribution in [-0.2, 0) is 4.74 Å². The average Bonchev–Trinajstić information content (AvgIpc) is 2.03. The number of nitrogens with two attached hydrogens (primary N) is 1. The molecule has 0 heterocycles. The molecule has 0 atom stereocenters. The molecule has 0 fully saturated rings. The normalized spacial score (nSPS) is 10.4. The van der Waals surface area contributed by atoms with Crippen LogP contribution in [0.2, 0.25) is 0 Å². The molecule has 3 nitrogen and oxygen atoms in total. The molecule has 0 aliphatic heterocycles. The van der Waals surface area contributed by atoms with Crippen molar-refractivity contribution in [2.45, 2.75) is 19.8 Å². The highest BCUT2D eigenvalue weighted by Gasteiger charge is 1.86. The predicted molar refractivity (Wildman–Crippen MR) is 47.7 cm³/mol. The van der Waals surface area contributed by atoms with Crippen molar-refractivity contribution in [2.24, 2.45) is 5.73 Å². The molecule has 0 aromatic heterocycles. The molecule has 0 aliphatic carbocycles. The van der Waals surface area contributed by atoms with Gasteiger partial charge < -0.3 is 15.8 Å². The SMILES string of the molecule is CCCOCCNCCCN. The zero-order valence-corrected chi connectivity index (χ0v) is 7.44. The van der Waals surface area contributed by atoms with Gasteiger partial charge in [-0.05, 0) is 25.9 Å². The lowest BCUT2D eigenvalue weighted by Crippen LogP contribution is -2.22. The monoisotopic (exact) mass is 160 g/mol. The first-order chi connectivity index (χ1) is 5.41. The Morgan fingerprint density at radius 1 is 1.27 bits per heavy atom. The molecule has 0 spiro atoms. The molecule has 0 aromatic carbocycles. The third-order valence-electron chi connectivity index (χ3n) is 1.33. The van der Waals surface area contributed by atoms with Crippen molar-refractivity contribution in [3.05, 3.63) is 0 Å². The fraction of sp³-hybridized carbons (Fsp3) is 1.00. The molecular weight excluding hydrogens is 140 g/mol. The van der Waals surface area contributed by atoms with E-state index in [9.17, 15) is 0 Å². The summed E-state index contributed by atoms with van der Waals surface area (Å²) in [6.45, 7) is 6.52. The van der Waals surface area contributed by atoms with Gasteiger partial charge in [-0.1, -0.05) is 6.92 Å². The fourth-order valence-corrected chi connectivity index (χ4v) is 0.743. The molecule has 0 bridgehead atoms. The zero-order chi connectivity index (χ0) is 8.36. The summed E-state index contributed by atoms with van der Waals surface area (Å²) in [6, 6.07) is 0. The Kier molecular flexibility index (Phi) is 9.77. The minimum Gasteiger partial charge on any atom is -0.380 e. The third-order valence-corrected chi connectivity index (χ3v) is 1.33. The molecule has 3 N–H and O–H groups in total. The van der Waals surface area contributed by atoms with Crippen LogP contribution in [0.1, 0.15) is 19.8 Å².